The van der Waals surface area contributed by atoms with Gasteiger partial charge in [-0.1, -0.05) is 72.5 Å². The molecule has 4 aliphatic rings. The Morgan fingerprint density at radius 3 is 2.41 bits per heavy atom. The van der Waals surface area contributed by atoms with Crippen LogP contribution in [0.5, 0.6) is 0 Å². The summed E-state index contributed by atoms with van der Waals surface area (Å²) in [6.07, 6.45) is 14.8. The average Bonchev–Trinajstić information content (AvgIpc) is 3.13. The van der Waals surface area contributed by atoms with Gasteiger partial charge < -0.3 is 4.74 Å². The summed E-state index contributed by atoms with van der Waals surface area (Å²) in [5.41, 5.74) is 4.65. The Bertz CT molecular complexity index is 780. The molecule has 194 valence electrons. The predicted molar refractivity (Wildman–Crippen MR) is 142 cm³/mol. The zero-order valence-electron chi connectivity index (χ0n) is 23.7. The van der Waals surface area contributed by atoms with E-state index in [9.17, 15) is 4.79 Å². The third-order valence-corrected chi connectivity index (χ3v) is 12.0. The maximum atomic E-state index is 11.7. The van der Waals surface area contributed by atoms with E-state index < -0.39 is 0 Å². The molecule has 4 rings (SSSR count). The van der Waals surface area contributed by atoms with Gasteiger partial charge in [-0.05, 0) is 110 Å². The largest absolute Gasteiger partial charge is 0.462 e. The molecule has 0 aromatic rings. The normalized spacial score (nSPS) is 41.5. The monoisotopic (exact) mass is 470 g/mol. The number of hydrogen-bond acceptors (Lipinski definition) is 2. The van der Waals surface area contributed by atoms with Crippen LogP contribution < -0.4 is 0 Å². The Labute approximate surface area is 211 Å². The van der Waals surface area contributed by atoms with E-state index in [0.29, 0.717) is 22.7 Å². The molecular formula is C32H54O2. The van der Waals surface area contributed by atoms with Gasteiger partial charge in [0.1, 0.15) is 6.10 Å². The highest BCUT2D eigenvalue weighted by Gasteiger charge is 2.57. The molecule has 0 saturated heterocycles. The summed E-state index contributed by atoms with van der Waals surface area (Å²) in [4.78, 5) is 11.7. The highest BCUT2D eigenvalue weighted by atomic mass is 16.5. The summed E-state index contributed by atoms with van der Waals surface area (Å²) in [5.74, 6) is 5.30. The van der Waals surface area contributed by atoms with Gasteiger partial charge in [0.2, 0.25) is 0 Å². The molecule has 34 heavy (non-hydrogen) atoms. The van der Waals surface area contributed by atoms with Gasteiger partial charge in [0.15, 0.2) is 0 Å². The fourth-order valence-corrected chi connectivity index (χ4v) is 9.95. The Hall–Kier alpha value is -0.790. The van der Waals surface area contributed by atoms with Crippen LogP contribution in [0.15, 0.2) is 11.1 Å². The van der Waals surface area contributed by atoms with E-state index in [1.807, 2.05) is 11.1 Å². The second-order valence-electron chi connectivity index (χ2n) is 13.8. The van der Waals surface area contributed by atoms with Crippen molar-refractivity contribution in [1.29, 1.82) is 0 Å². The van der Waals surface area contributed by atoms with Crippen LogP contribution >= 0.6 is 0 Å². The molecule has 3 saturated carbocycles. The lowest BCUT2D eigenvalue weighted by atomic mass is 9.47. The van der Waals surface area contributed by atoms with Crippen molar-refractivity contribution in [2.45, 2.75) is 132 Å². The second-order valence-corrected chi connectivity index (χ2v) is 13.8. The first-order valence-electron chi connectivity index (χ1n) is 14.9. The fourth-order valence-electron chi connectivity index (χ4n) is 9.95. The van der Waals surface area contributed by atoms with Crippen LogP contribution in [-0.2, 0) is 9.53 Å². The van der Waals surface area contributed by atoms with Gasteiger partial charge in [0.25, 0.3) is 0 Å². The molecular weight excluding hydrogens is 416 g/mol. The molecule has 9 atom stereocenters. The highest BCUT2D eigenvalue weighted by molar-refractivity contribution is 5.66. The van der Waals surface area contributed by atoms with E-state index >= 15 is 0 Å². The predicted octanol–water partition coefficient (Wildman–Crippen LogP) is 8.99. The Morgan fingerprint density at radius 2 is 1.76 bits per heavy atom. The number of rotatable bonds is 7. The van der Waals surface area contributed by atoms with Gasteiger partial charge in [0, 0.05) is 6.92 Å². The molecule has 4 unspecified atom stereocenters. The first-order valence-corrected chi connectivity index (χ1v) is 14.9. The van der Waals surface area contributed by atoms with E-state index in [4.69, 9.17) is 4.74 Å². The number of esters is 1. The van der Waals surface area contributed by atoms with Crippen molar-refractivity contribution in [3.05, 3.63) is 11.1 Å². The number of fused-ring (bicyclic) bond motifs is 4. The molecule has 0 spiro atoms. The van der Waals surface area contributed by atoms with E-state index in [1.54, 1.807) is 6.92 Å². The third-order valence-electron chi connectivity index (χ3n) is 12.0. The minimum absolute atomic E-state index is 0.0997. The summed E-state index contributed by atoms with van der Waals surface area (Å²) >= 11 is 0. The molecule has 0 amide bonds. The van der Waals surface area contributed by atoms with E-state index in [2.05, 4.69) is 48.5 Å². The molecule has 0 radical (unpaired) electrons. The molecule has 0 N–H and O–H groups in total. The van der Waals surface area contributed by atoms with Crippen LogP contribution in [0.2, 0.25) is 0 Å². The minimum Gasteiger partial charge on any atom is -0.462 e. The summed E-state index contributed by atoms with van der Waals surface area (Å²) < 4.78 is 5.77. The molecule has 0 heterocycles. The first kappa shape index (κ1) is 26.3. The molecule has 0 aliphatic heterocycles. The SMILES string of the molecule is CCC(CC[C@H](C)C1CCC2=C3CCC4[C@H](C)[C@@H](OC(C)=O)CC[C@]4(C)C3CC[C@@]21C)C(C)C. The lowest BCUT2D eigenvalue weighted by Gasteiger charge is -2.58. The average molecular weight is 471 g/mol. The van der Waals surface area contributed by atoms with Crippen molar-refractivity contribution >= 4 is 5.97 Å². The number of ether oxygens (including phenoxy) is 1. The molecule has 2 heteroatoms. The van der Waals surface area contributed by atoms with Crippen LogP contribution in [0.3, 0.4) is 0 Å². The zero-order valence-corrected chi connectivity index (χ0v) is 23.7. The standard InChI is InChI=1S/C32H54O2/c1-9-24(20(2)3)11-10-21(4)26-14-15-28-25-12-13-27-22(5)30(34-23(6)33)17-19-32(27,8)29(25)16-18-31(26,28)7/h20-22,24,26-27,29-30H,9-19H2,1-8H3/t21-,22-,24?,26?,27?,29?,30-,31+,32-/m0/s1. The van der Waals surface area contributed by atoms with Crippen molar-refractivity contribution in [3.8, 4) is 0 Å². The molecule has 4 aliphatic carbocycles. The van der Waals surface area contributed by atoms with Gasteiger partial charge in [-0.25, -0.2) is 0 Å². The second kappa shape index (κ2) is 9.93. The van der Waals surface area contributed by atoms with E-state index in [-0.39, 0.29) is 12.1 Å². The highest BCUT2D eigenvalue weighted by Crippen LogP contribution is 2.66. The summed E-state index contributed by atoms with van der Waals surface area (Å²) in [6.45, 7) is 19.0. The third kappa shape index (κ3) is 4.43. The summed E-state index contributed by atoms with van der Waals surface area (Å²) in [5, 5.41) is 0. The summed E-state index contributed by atoms with van der Waals surface area (Å²) in [6, 6.07) is 0. The lowest BCUT2D eigenvalue weighted by molar-refractivity contribution is -0.159. The Morgan fingerprint density at radius 1 is 1.03 bits per heavy atom. The van der Waals surface area contributed by atoms with Gasteiger partial charge in [-0.2, -0.15) is 0 Å². The number of carbonyl (C=O) groups is 1. The van der Waals surface area contributed by atoms with Gasteiger partial charge in [-0.3, -0.25) is 4.79 Å². The molecule has 2 nitrogen and oxygen atoms in total. The van der Waals surface area contributed by atoms with Crippen molar-refractivity contribution in [1.82, 2.24) is 0 Å². The van der Waals surface area contributed by atoms with E-state index in [0.717, 1.165) is 36.0 Å². The molecule has 0 aromatic carbocycles. The Balaban J connectivity index is 1.51. The van der Waals surface area contributed by atoms with Crippen molar-refractivity contribution in [2.24, 2.45) is 52.3 Å². The smallest absolute Gasteiger partial charge is 0.302 e. The fraction of sp³-hybridized carbons (Fsp3) is 0.906. The number of hydrogen-bond donors (Lipinski definition) is 0. The lowest BCUT2D eigenvalue weighted by Crippen LogP contribution is -2.52. The minimum atomic E-state index is -0.0997. The van der Waals surface area contributed by atoms with Gasteiger partial charge >= 0.3 is 5.97 Å². The maximum Gasteiger partial charge on any atom is 0.302 e. The quantitative estimate of drug-likeness (QED) is 0.274. The number of allylic oxidation sites excluding steroid dienone is 2. The molecule has 0 bridgehead atoms. The van der Waals surface area contributed by atoms with Crippen LogP contribution in [-0.4, -0.2) is 12.1 Å². The van der Waals surface area contributed by atoms with Crippen molar-refractivity contribution < 1.29 is 9.53 Å². The van der Waals surface area contributed by atoms with Crippen LogP contribution in [0.25, 0.3) is 0 Å². The van der Waals surface area contributed by atoms with Crippen molar-refractivity contribution in [3.63, 3.8) is 0 Å². The van der Waals surface area contributed by atoms with Crippen molar-refractivity contribution in [2.75, 3.05) is 0 Å². The van der Waals surface area contributed by atoms with Gasteiger partial charge in [0.05, 0.1) is 0 Å². The maximum absolute atomic E-state index is 11.7. The van der Waals surface area contributed by atoms with Crippen LogP contribution in [0.4, 0.5) is 0 Å². The van der Waals surface area contributed by atoms with E-state index in [1.165, 1.54) is 64.2 Å². The molecule has 3 fully saturated rings. The molecule has 0 aromatic heterocycles. The topological polar surface area (TPSA) is 26.3 Å². The summed E-state index contributed by atoms with van der Waals surface area (Å²) in [7, 11) is 0. The Kier molecular flexibility index (Phi) is 7.67. The zero-order chi connectivity index (χ0) is 24.8. The van der Waals surface area contributed by atoms with Crippen LogP contribution in [0.1, 0.15) is 126 Å². The first-order chi connectivity index (χ1) is 16.0. The number of carbonyl (C=O) groups excluding carboxylic acids is 1. The van der Waals surface area contributed by atoms with Crippen LogP contribution in [0, 0.1) is 52.3 Å². The van der Waals surface area contributed by atoms with Gasteiger partial charge in [-0.15, -0.1) is 0 Å².